The molecule has 2 aromatic carbocycles. The Morgan fingerprint density at radius 3 is 2.25 bits per heavy atom. The topological polar surface area (TPSA) is 60.2 Å². The fraction of sp³-hybridized carbons (Fsp3) is 0.200. The van der Waals surface area contributed by atoms with Gasteiger partial charge in [0.1, 0.15) is 0 Å². The lowest BCUT2D eigenvalue weighted by atomic mass is 10.1. The standard InChI is InChI=1S/C15H16ClNO2S/c1-10-5-11(2)7-12(6-10)9-20(18,19)15-8-13(16)3-4-14(15)17/h3-8H,9,17H2,1-2H3. The van der Waals surface area contributed by atoms with Gasteiger partial charge in [0.05, 0.1) is 16.3 Å². The number of hydrogen-bond acceptors (Lipinski definition) is 3. The summed E-state index contributed by atoms with van der Waals surface area (Å²) in [5, 5.41) is 0.359. The van der Waals surface area contributed by atoms with Crippen LogP contribution in [0.15, 0.2) is 41.3 Å². The smallest absolute Gasteiger partial charge is 0.184 e. The van der Waals surface area contributed by atoms with Crippen LogP contribution in [0, 0.1) is 13.8 Å². The van der Waals surface area contributed by atoms with Crippen LogP contribution in [0.2, 0.25) is 5.02 Å². The van der Waals surface area contributed by atoms with Gasteiger partial charge in [0, 0.05) is 5.02 Å². The highest BCUT2D eigenvalue weighted by atomic mass is 35.5. The average Bonchev–Trinajstić information content (AvgIpc) is 2.30. The van der Waals surface area contributed by atoms with Gasteiger partial charge >= 0.3 is 0 Å². The van der Waals surface area contributed by atoms with E-state index in [9.17, 15) is 8.42 Å². The molecule has 0 aromatic heterocycles. The number of rotatable bonds is 3. The van der Waals surface area contributed by atoms with E-state index in [0.717, 1.165) is 16.7 Å². The molecule has 0 fully saturated rings. The van der Waals surface area contributed by atoms with E-state index < -0.39 is 9.84 Å². The molecule has 0 radical (unpaired) electrons. The van der Waals surface area contributed by atoms with Crippen LogP contribution in [0.5, 0.6) is 0 Å². The third kappa shape index (κ3) is 3.32. The summed E-state index contributed by atoms with van der Waals surface area (Å²) in [7, 11) is -3.51. The van der Waals surface area contributed by atoms with Crippen LogP contribution < -0.4 is 5.73 Å². The van der Waals surface area contributed by atoms with Crippen LogP contribution in [0.4, 0.5) is 5.69 Å². The van der Waals surface area contributed by atoms with E-state index >= 15 is 0 Å². The van der Waals surface area contributed by atoms with Crippen molar-refractivity contribution in [1.29, 1.82) is 0 Å². The number of hydrogen-bond donors (Lipinski definition) is 1. The zero-order valence-corrected chi connectivity index (χ0v) is 12.9. The second-order valence-corrected chi connectivity index (χ2v) is 7.33. The third-order valence-corrected chi connectivity index (χ3v) is 4.92. The van der Waals surface area contributed by atoms with Gasteiger partial charge in [-0.2, -0.15) is 0 Å². The molecule has 0 aliphatic rings. The van der Waals surface area contributed by atoms with Gasteiger partial charge in [-0.05, 0) is 37.6 Å². The summed E-state index contributed by atoms with van der Waals surface area (Å²) in [6.07, 6.45) is 0. The molecule has 0 aliphatic carbocycles. The first-order valence-electron chi connectivity index (χ1n) is 6.13. The monoisotopic (exact) mass is 309 g/mol. The highest BCUT2D eigenvalue weighted by molar-refractivity contribution is 7.90. The molecule has 0 unspecified atom stereocenters. The molecule has 5 heteroatoms. The van der Waals surface area contributed by atoms with Crippen molar-refractivity contribution in [2.24, 2.45) is 0 Å². The largest absolute Gasteiger partial charge is 0.398 e. The summed E-state index contributed by atoms with van der Waals surface area (Å²) in [6, 6.07) is 10.2. The van der Waals surface area contributed by atoms with Crippen molar-refractivity contribution in [3.05, 3.63) is 58.1 Å². The summed E-state index contributed by atoms with van der Waals surface area (Å²) in [5.74, 6) is -0.0833. The third-order valence-electron chi connectivity index (χ3n) is 2.95. The van der Waals surface area contributed by atoms with Crippen LogP contribution in [0.3, 0.4) is 0 Å². The number of benzene rings is 2. The molecule has 2 rings (SSSR count). The lowest BCUT2D eigenvalue weighted by Crippen LogP contribution is -2.08. The predicted molar refractivity (Wildman–Crippen MR) is 82.7 cm³/mol. The van der Waals surface area contributed by atoms with Crippen LogP contribution in [-0.2, 0) is 15.6 Å². The van der Waals surface area contributed by atoms with Gasteiger partial charge in [-0.15, -0.1) is 0 Å². The van der Waals surface area contributed by atoms with Gasteiger partial charge in [-0.25, -0.2) is 8.42 Å². The highest BCUT2D eigenvalue weighted by Crippen LogP contribution is 2.26. The summed E-state index contributed by atoms with van der Waals surface area (Å²) in [4.78, 5) is 0.0872. The van der Waals surface area contributed by atoms with Crippen LogP contribution in [0.1, 0.15) is 16.7 Å². The zero-order chi connectivity index (χ0) is 14.9. The van der Waals surface area contributed by atoms with Gasteiger partial charge in [0.2, 0.25) is 0 Å². The van der Waals surface area contributed by atoms with Crippen molar-refractivity contribution < 1.29 is 8.42 Å². The molecule has 0 amide bonds. The zero-order valence-electron chi connectivity index (χ0n) is 11.4. The van der Waals surface area contributed by atoms with E-state index in [4.69, 9.17) is 17.3 Å². The highest BCUT2D eigenvalue weighted by Gasteiger charge is 2.19. The molecule has 0 saturated heterocycles. The Labute approximate surface area is 124 Å². The molecule has 20 heavy (non-hydrogen) atoms. The van der Waals surface area contributed by atoms with Crippen LogP contribution in [0.25, 0.3) is 0 Å². The van der Waals surface area contributed by atoms with Gasteiger partial charge in [-0.3, -0.25) is 0 Å². The van der Waals surface area contributed by atoms with E-state index in [1.54, 1.807) is 6.07 Å². The number of anilines is 1. The van der Waals surface area contributed by atoms with Crippen LogP contribution in [-0.4, -0.2) is 8.42 Å². The molecule has 0 atom stereocenters. The first-order valence-corrected chi connectivity index (χ1v) is 8.16. The van der Waals surface area contributed by atoms with Crippen molar-refractivity contribution >= 4 is 27.1 Å². The van der Waals surface area contributed by atoms with E-state index in [-0.39, 0.29) is 16.3 Å². The van der Waals surface area contributed by atoms with Crippen molar-refractivity contribution in [3.63, 3.8) is 0 Å². The van der Waals surface area contributed by atoms with Gasteiger partial charge < -0.3 is 5.73 Å². The molecule has 106 valence electrons. The minimum atomic E-state index is -3.51. The van der Waals surface area contributed by atoms with Crippen molar-refractivity contribution in [2.75, 3.05) is 5.73 Å². The fourth-order valence-corrected chi connectivity index (χ4v) is 3.96. The molecule has 0 spiro atoms. The van der Waals surface area contributed by atoms with E-state index in [1.165, 1.54) is 12.1 Å². The molecule has 2 N–H and O–H groups in total. The maximum Gasteiger partial charge on any atom is 0.184 e. The van der Waals surface area contributed by atoms with Crippen molar-refractivity contribution in [3.8, 4) is 0 Å². The summed E-state index contributed by atoms with van der Waals surface area (Å²) in [6.45, 7) is 3.88. The Bertz CT molecular complexity index is 734. The molecule has 0 saturated carbocycles. The van der Waals surface area contributed by atoms with Gasteiger partial charge in [-0.1, -0.05) is 40.9 Å². The number of sulfone groups is 1. The minimum absolute atomic E-state index is 0.0833. The molecular formula is C15H16ClNO2S. The lowest BCUT2D eigenvalue weighted by Gasteiger charge is -2.09. The van der Waals surface area contributed by atoms with Crippen molar-refractivity contribution in [1.82, 2.24) is 0 Å². The fourth-order valence-electron chi connectivity index (χ4n) is 2.23. The first kappa shape index (κ1) is 14.9. The summed E-state index contributed by atoms with van der Waals surface area (Å²) < 4.78 is 24.9. The molecule has 0 heterocycles. The summed E-state index contributed by atoms with van der Waals surface area (Å²) in [5.41, 5.74) is 8.80. The Balaban J connectivity index is 2.43. The van der Waals surface area contributed by atoms with Gasteiger partial charge in [0.15, 0.2) is 9.84 Å². The first-order chi connectivity index (χ1) is 9.28. The molecule has 2 aromatic rings. The van der Waals surface area contributed by atoms with Crippen molar-refractivity contribution in [2.45, 2.75) is 24.5 Å². The van der Waals surface area contributed by atoms with Crippen LogP contribution >= 0.6 is 11.6 Å². The predicted octanol–water partition coefficient (Wildman–Crippen LogP) is 3.51. The Kier molecular flexibility index (Phi) is 4.06. The maximum atomic E-state index is 12.5. The second-order valence-electron chi connectivity index (χ2n) is 4.94. The quantitative estimate of drug-likeness (QED) is 0.883. The van der Waals surface area contributed by atoms with E-state index in [2.05, 4.69) is 0 Å². The summed E-state index contributed by atoms with van der Waals surface area (Å²) >= 11 is 5.86. The molecular weight excluding hydrogens is 294 g/mol. The Morgan fingerprint density at radius 1 is 1.05 bits per heavy atom. The molecule has 0 bridgehead atoms. The van der Waals surface area contributed by atoms with E-state index in [0.29, 0.717) is 5.02 Å². The minimum Gasteiger partial charge on any atom is -0.398 e. The second kappa shape index (κ2) is 5.46. The number of halogens is 1. The number of nitrogen functional groups attached to an aromatic ring is 1. The number of aryl methyl sites for hydroxylation is 2. The molecule has 3 nitrogen and oxygen atoms in total. The number of nitrogens with two attached hydrogens (primary N) is 1. The van der Waals surface area contributed by atoms with E-state index in [1.807, 2.05) is 32.0 Å². The SMILES string of the molecule is Cc1cc(C)cc(CS(=O)(=O)c2cc(Cl)ccc2N)c1. The normalized spacial score (nSPS) is 11.6. The lowest BCUT2D eigenvalue weighted by molar-refractivity contribution is 0.595. The van der Waals surface area contributed by atoms with Gasteiger partial charge in [0.25, 0.3) is 0 Å². The molecule has 0 aliphatic heterocycles. The maximum absolute atomic E-state index is 12.5. The Hall–Kier alpha value is -1.52. The average molecular weight is 310 g/mol. The Morgan fingerprint density at radius 2 is 1.65 bits per heavy atom.